The summed E-state index contributed by atoms with van der Waals surface area (Å²) in [6.07, 6.45) is 9.04. The minimum Gasteiger partial charge on any atom is -0.469 e. The molecule has 24 heavy (non-hydrogen) atoms. The van der Waals surface area contributed by atoms with Crippen molar-refractivity contribution in [2.45, 2.75) is 65.9 Å². The van der Waals surface area contributed by atoms with Crippen molar-refractivity contribution in [1.29, 1.82) is 0 Å². The first-order valence-electron chi connectivity index (χ1n) is 9.42. The zero-order valence-electron chi connectivity index (χ0n) is 15.8. The van der Waals surface area contributed by atoms with Crippen molar-refractivity contribution in [3.05, 3.63) is 23.3 Å². The van der Waals surface area contributed by atoms with Gasteiger partial charge in [0.15, 0.2) is 0 Å². The van der Waals surface area contributed by atoms with Gasteiger partial charge in [-0.25, -0.2) is 0 Å². The van der Waals surface area contributed by atoms with Gasteiger partial charge in [-0.3, -0.25) is 4.79 Å². The molecule has 3 aliphatic carbocycles. The molecule has 0 aromatic heterocycles. The topological polar surface area (TPSA) is 46.5 Å². The summed E-state index contributed by atoms with van der Waals surface area (Å²) in [5.74, 6) is 0.947. The maximum Gasteiger partial charge on any atom is 0.311 e. The molecule has 0 aromatic rings. The molecule has 0 radical (unpaired) electrons. The summed E-state index contributed by atoms with van der Waals surface area (Å²) < 4.78 is 5.17. The predicted molar refractivity (Wildman–Crippen MR) is 95.3 cm³/mol. The number of carbonyl (C=O) groups excluding carboxylic acids is 1. The van der Waals surface area contributed by atoms with Crippen molar-refractivity contribution in [2.75, 3.05) is 7.11 Å². The lowest BCUT2D eigenvalue weighted by Gasteiger charge is -2.57. The summed E-state index contributed by atoms with van der Waals surface area (Å²) in [5.41, 5.74) is 2.20. The number of fused-ring (bicyclic) bond motifs is 3. The molecule has 134 valence electrons. The molecular weight excluding hydrogens is 300 g/mol. The number of aliphatic hydroxyl groups excluding tert-OH is 1. The van der Waals surface area contributed by atoms with Gasteiger partial charge in [-0.2, -0.15) is 0 Å². The smallest absolute Gasteiger partial charge is 0.311 e. The van der Waals surface area contributed by atoms with Gasteiger partial charge in [0, 0.05) is 0 Å². The van der Waals surface area contributed by atoms with Gasteiger partial charge in [0.25, 0.3) is 0 Å². The maximum absolute atomic E-state index is 12.5. The quantitative estimate of drug-likeness (QED) is 0.768. The predicted octanol–water partition coefficient (Wildman–Crippen LogP) is 4.27. The minimum absolute atomic E-state index is 0.0608. The standard InChI is InChI=1S/C21H32O3/c1-13(2)15-11-14-7-8-18-20(3,16(14)12-17(15)22)9-6-10-21(18,4)19(23)24-5/h7,11,13,16-18,22H,6,8-10,12H2,1-5H3/t16-,17+,18+,20+,21+/m0/s1. The third-order valence-corrected chi connectivity index (χ3v) is 7.26. The molecule has 0 aromatic carbocycles. The van der Waals surface area contributed by atoms with E-state index < -0.39 is 5.41 Å². The zero-order valence-corrected chi connectivity index (χ0v) is 15.8. The van der Waals surface area contributed by atoms with E-state index in [0.29, 0.717) is 17.8 Å². The normalized spacial score (nSPS) is 41.9. The van der Waals surface area contributed by atoms with Crippen LogP contribution in [0.1, 0.15) is 59.8 Å². The highest BCUT2D eigenvalue weighted by Crippen LogP contribution is 2.62. The average molecular weight is 332 g/mol. The summed E-state index contributed by atoms with van der Waals surface area (Å²) in [5, 5.41) is 10.7. The number of carbonyl (C=O) groups is 1. The highest BCUT2D eigenvalue weighted by Gasteiger charge is 2.58. The summed E-state index contributed by atoms with van der Waals surface area (Å²) in [6.45, 7) is 8.74. The molecule has 0 amide bonds. The number of methoxy groups -OCH3 is 1. The fourth-order valence-electron chi connectivity index (χ4n) is 5.88. The Morgan fingerprint density at radius 3 is 2.67 bits per heavy atom. The lowest BCUT2D eigenvalue weighted by Crippen LogP contribution is -2.54. The van der Waals surface area contributed by atoms with Crippen LogP contribution in [0.4, 0.5) is 0 Å². The number of aliphatic hydroxyl groups is 1. The third-order valence-electron chi connectivity index (χ3n) is 7.26. The van der Waals surface area contributed by atoms with Gasteiger partial charge >= 0.3 is 5.97 Å². The first kappa shape index (κ1) is 17.7. The SMILES string of the molecule is COC(=O)[C@]1(C)CCC[C@@]2(C)[C@H]1CC=C1C=C(C(C)C)[C@H](O)C[C@@H]12. The van der Waals surface area contributed by atoms with Gasteiger partial charge < -0.3 is 9.84 Å². The van der Waals surface area contributed by atoms with E-state index in [9.17, 15) is 9.90 Å². The molecule has 5 atom stereocenters. The van der Waals surface area contributed by atoms with Crippen molar-refractivity contribution in [2.24, 2.45) is 28.6 Å². The summed E-state index contributed by atoms with van der Waals surface area (Å²) in [7, 11) is 1.51. The van der Waals surface area contributed by atoms with Crippen LogP contribution in [0.3, 0.4) is 0 Å². The van der Waals surface area contributed by atoms with Crippen molar-refractivity contribution >= 4 is 5.97 Å². The van der Waals surface area contributed by atoms with E-state index >= 15 is 0 Å². The van der Waals surface area contributed by atoms with Gasteiger partial charge in [0.05, 0.1) is 18.6 Å². The second kappa shape index (κ2) is 6.01. The Morgan fingerprint density at radius 2 is 2.04 bits per heavy atom. The summed E-state index contributed by atoms with van der Waals surface area (Å²) in [4.78, 5) is 12.5. The molecule has 3 aliphatic rings. The van der Waals surface area contributed by atoms with Gasteiger partial charge in [-0.15, -0.1) is 0 Å². The lowest BCUT2D eigenvalue weighted by molar-refractivity contribution is -0.166. The number of rotatable bonds is 2. The molecule has 0 aliphatic heterocycles. The molecule has 0 bridgehead atoms. The molecule has 3 rings (SSSR count). The molecule has 1 fully saturated rings. The number of allylic oxidation sites excluding steroid dienone is 3. The van der Waals surface area contributed by atoms with Gasteiger partial charge in [0.1, 0.15) is 0 Å². The van der Waals surface area contributed by atoms with E-state index in [1.807, 2.05) is 0 Å². The highest BCUT2D eigenvalue weighted by atomic mass is 16.5. The molecule has 0 spiro atoms. The minimum atomic E-state index is -0.406. The Hall–Kier alpha value is -1.09. The van der Waals surface area contributed by atoms with Crippen LogP contribution >= 0.6 is 0 Å². The van der Waals surface area contributed by atoms with Crippen molar-refractivity contribution < 1.29 is 14.6 Å². The van der Waals surface area contributed by atoms with E-state index in [1.54, 1.807) is 0 Å². The van der Waals surface area contributed by atoms with Gasteiger partial charge in [-0.1, -0.05) is 39.3 Å². The van der Waals surface area contributed by atoms with E-state index in [4.69, 9.17) is 4.74 Å². The van der Waals surface area contributed by atoms with Crippen LogP contribution in [0.15, 0.2) is 23.3 Å². The fourth-order valence-corrected chi connectivity index (χ4v) is 5.88. The molecule has 0 saturated heterocycles. The number of hydrogen-bond acceptors (Lipinski definition) is 3. The van der Waals surface area contributed by atoms with Crippen LogP contribution in [0.2, 0.25) is 0 Å². The van der Waals surface area contributed by atoms with E-state index in [0.717, 1.165) is 37.7 Å². The van der Waals surface area contributed by atoms with Crippen LogP contribution in [-0.2, 0) is 9.53 Å². The van der Waals surface area contributed by atoms with Crippen LogP contribution < -0.4 is 0 Å². The first-order chi connectivity index (χ1) is 11.2. The van der Waals surface area contributed by atoms with Crippen LogP contribution in [0, 0.1) is 28.6 Å². The van der Waals surface area contributed by atoms with Crippen molar-refractivity contribution in [3.63, 3.8) is 0 Å². The Kier molecular flexibility index (Phi) is 4.44. The number of esters is 1. The van der Waals surface area contributed by atoms with Crippen LogP contribution in [-0.4, -0.2) is 24.3 Å². The van der Waals surface area contributed by atoms with Crippen LogP contribution in [0.25, 0.3) is 0 Å². The lowest BCUT2D eigenvalue weighted by atomic mass is 9.46. The highest BCUT2D eigenvalue weighted by molar-refractivity contribution is 5.77. The van der Waals surface area contributed by atoms with E-state index in [1.165, 1.54) is 12.7 Å². The number of ether oxygens (including phenoxy) is 1. The summed E-state index contributed by atoms with van der Waals surface area (Å²) >= 11 is 0. The first-order valence-corrected chi connectivity index (χ1v) is 9.42. The van der Waals surface area contributed by atoms with Crippen LogP contribution in [0.5, 0.6) is 0 Å². The molecule has 3 heteroatoms. The van der Waals surface area contributed by atoms with Crippen molar-refractivity contribution in [1.82, 2.24) is 0 Å². The fraction of sp³-hybridized carbons (Fsp3) is 0.762. The monoisotopic (exact) mass is 332 g/mol. The molecule has 0 heterocycles. The van der Waals surface area contributed by atoms with E-state index in [2.05, 4.69) is 39.8 Å². The Balaban J connectivity index is 2.02. The van der Waals surface area contributed by atoms with Crippen molar-refractivity contribution in [3.8, 4) is 0 Å². The zero-order chi connectivity index (χ0) is 17.7. The summed E-state index contributed by atoms with van der Waals surface area (Å²) in [6, 6.07) is 0. The van der Waals surface area contributed by atoms with Gasteiger partial charge in [0.2, 0.25) is 0 Å². The second-order valence-corrected chi connectivity index (χ2v) is 8.86. The Bertz CT molecular complexity index is 588. The number of hydrogen-bond donors (Lipinski definition) is 1. The van der Waals surface area contributed by atoms with Gasteiger partial charge in [-0.05, 0) is 66.9 Å². The molecule has 1 saturated carbocycles. The molecule has 0 unspecified atom stereocenters. The molecule has 3 nitrogen and oxygen atoms in total. The third kappa shape index (κ3) is 2.47. The van der Waals surface area contributed by atoms with E-state index in [-0.39, 0.29) is 17.5 Å². The largest absolute Gasteiger partial charge is 0.469 e. The maximum atomic E-state index is 12.5. The second-order valence-electron chi connectivity index (χ2n) is 8.86. The average Bonchev–Trinajstić information content (AvgIpc) is 2.53. The Labute approximate surface area is 146 Å². The Morgan fingerprint density at radius 1 is 1.33 bits per heavy atom. The molecular formula is C21H32O3. The molecule has 1 N–H and O–H groups in total.